The lowest BCUT2D eigenvalue weighted by Crippen LogP contribution is -2.15. The lowest BCUT2D eigenvalue weighted by Gasteiger charge is -2.20. The van der Waals surface area contributed by atoms with Crippen LogP contribution in [0.4, 0.5) is 0 Å². The molecule has 5 nitrogen and oxygen atoms in total. The normalized spacial score (nSPS) is 29.0. The minimum Gasteiger partial charge on any atom is -0.481 e. The van der Waals surface area contributed by atoms with Crippen molar-refractivity contribution in [3.63, 3.8) is 0 Å². The van der Waals surface area contributed by atoms with E-state index in [-0.39, 0.29) is 5.75 Å². The van der Waals surface area contributed by atoms with Gasteiger partial charge in [-0.2, -0.15) is 0 Å². The molecule has 1 aromatic rings. The van der Waals surface area contributed by atoms with Gasteiger partial charge in [-0.1, -0.05) is 18.2 Å². The molecule has 2 aliphatic carbocycles. The molecule has 0 aromatic carbocycles. The van der Waals surface area contributed by atoms with Crippen LogP contribution in [0.15, 0.2) is 5.16 Å². The third-order valence-corrected chi connectivity index (χ3v) is 5.58. The highest BCUT2D eigenvalue weighted by Crippen LogP contribution is 2.49. The molecule has 3 atom stereocenters. The van der Waals surface area contributed by atoms with Crippen molar-refractivity contribution in [2.24, 2.45) is 24.8 Å². The molecule has 0 amide bonds. The summed E-state index contributed by atoms with van der Waals surface area (Å²) in [4.78, 5) is 10.6. The molecule has 3 rings (SSSR count). The molecule has 0 aliphatic heterocycles. The molecule has 6 heteroatoms. The number of hydrogen-bond acceptors (Lipinski definition) is 4. The van der Waals surface area contributed by atoms with Gasteiger partial charge < -0.3 is 9.67 Å². The molecular formula is C13H19N3O2S. The quantitative estimate of drug-likeness (QED) is 0.836. The Bertz CT molecular complexity index is 488. The van der Waals surface area contributed by atoms with Gasteiger partial charge in [-0.05, 0) is 37.0 Å². The maximum atomic E-state index is 10.6. The van der Waals surface area contributed by atoms with Crippen molar-refractivity contribution in [1.82, 2.24) is 14.8 Å². The largest absolute Gasteiger partial charge is 0.481 e. The Kier molecular flexibility index (Phi) is 3.52. The minimum absolute atomic E-state index is 0.0418. The van der Waals surface area contributed by atoms with Crippen LogP contribution in [0.25, 0.3) is 0 Å². The topological polar surface area (TPSA) is 68.0 Å². The van der Waals surface area contributed by atoms with Gasteiger partial charge in [-0.3, -0.25) is 4.79 Å². The van der Waals surface area contributed by atoms with Gasteiger partial charge in [0.2, 0.25) is 0 Å². The van der Waals surface area contributed by atoms with Crippen molar-refractivity contribution in [2.75, 3.05) is 5.75 Å². The molecule has 0 radical (unpaired) electrons. The fourth-order valence-corrected chi connectivity index (χ4v) is 4.29. The summed E-state index contributed by atoms with van der Waals surface area (Å²) in [5.41, 5.74) is 0. The second-order valence-electron chi connectivity index (χ2n) is 5.78. The maximum absolute atomic E-state index is 10.6. The van der Waals surface area contributed by atoms with Crippen molar-refractivity contribution >= 4 is 17.7 Å². The number of aromatic nitrogens is 3. The molecule has 1 aromatic heterocycles. The Balaban J connectivity index is 1.63. The number of thioether (sulfide) groups is 1. The van der Waals surface area contributed by atoms with Crippen LogP contribution in [-0.2, 0) is 18.3 Å². The third-order valence-electron chi connectivity index (χ3n) is 4.58. The lowest BCUT2D eigenvalue weighted by molar-refractivity contribution is -0.133. The zero-order chi connectivity index (χ0) is 13.4. The zero-order valence-electron chi connectivity index (χ0n) is 11.1. The zero-order valence-corrected chi connectivity index (χ0v) is 11.9. The van der Waals surface area contributed by atoms with E-state index in [0.29, 0.717) is 5.16 Å². The highest BCUT2D eigenvalue weighted by atomic mass is 32.2. The van der Waals surface area contributed by atoms with Crippen LogP contribution in [0, 0.1) is 17.8 Å². The van der Waals surface area contributed by atoms with Crippen LogP contribution in [-0.4, -0.2) is 31.6 Å². The number of hydrogen-bond donors (Lipinski definition) is 1. The molecule has 1 N–H and O–H groups in total. The minimum atomic E-state index is -0.817. The van der Waals surface area contributed by atoms with E-state index >= 15 is 0 Å². The molecule has 1 heterocycles. The average molecular weight is 281 g/mol. The first-order chi connectivity index (χ1) is 9.13. The van der Waals surface area contributed by atoms with Gasteiger partial charge in [0.05, 0.1) is 5.75 Å². The van der Waals surface area contributed by atoms with Gasteiger partial charge in [-0.25, -0.2) is 0 Å². The van der Waals surface area contributed by atoms with E-state index in [9.17, 15) is 4.79 Å². The summed E-state index contributed by atoms with van der Waals surface area (Å²) in [5, 5.41) is 17.7. The number of carbonyl (C=O) groups is 1. The van der Waals surface area contributed by atoms with Crippen molar-refractivity contribution in [2.45, 2.75) is 37.3 Å². The monoisotopic (exact) mass is 281 g/mol. The third kappa shape index (κ3) is 2.63. The number of carboxylic acids is 1. The Morgan fingerprint density at radius 3 is 2.89 bits per heavy atom. The number of nitrogens with zero attached hydrogens (tertiary/aromatic N) is 3. The van der Waals surface area contributed by atoms with Crippen LogP contribution in [0.2, 0.25) is 0 Å². The van der Waals surface area contributed by atoms with Crippen LogP contribution in [0.5, 0.6) is 0 Å². The van der Waals surface area contributed by atoms with Crippen molar-refractivity contribution in [1.29, 1.82) is 0 Å². The van der Waals surface area contributed by atoms with Crippen molar-refractivity contribution < 1.29 is 9.90 Å². The Hall–Kier alpha value is -1.04. The number of carboxylic acid groups (broad SMARTS) is 1. The smallest absolute Gasteiger partial charge is 0.313 e. The van der Waals surface area contributed by atoms with Crippen LogP contribution >= 0.6 is 11.8 Å². The summed E-state index contributed by atoms with van der Waals surface area (Å²) >= 11 is 1.24. The van der Waals surface area contributed by atoms with Crippen LogP contribution in [0.1, 0.15) is 31.5 Å². The van der Waals surface area contributed by atoms with Crippen molar-refractivity contribution in [3.8, 4) is 0 Å². The predicted octanol–water partition coefficient (Wildman–Crippen LogP) is 1.97. The summed E-state index contributed by atoms with van der Waals surface area (Å²) in [6.45, 7) is 0. The summed E-state index contributed by atoms with van der Waals surface area (Å²) in [7, 11) is 1.94. The van der Waals surface area contributed by atoms with E-state index < -0.39 is 5.97 Å². The number of rotatable bonds is 5. The molecule has 2 bridgehead atoms. The molecule has 104 valence electrons. The lowest BCUT2D eigenvalue weighted by atomic mass is 9.86. The fraction of sp³-hybridized carbons (Fsp3) is 0.769. The van der Waals surface area contributed by atoms with Crippen LogP contribution < -0.4 is 0 Å². The second-order valence-corrected chi connectivity index (χ2v) is 6.72. The first-order valence-electron chi connectivity index (χ1n) is 6.86. The maximum Gasteiger partial charge on any atom is 0.313 e. The van der Waals surface area contributed by atoms with E-state index in [0.717, 1.165) is 30.0 Å². The van der Waals surface area contributed by atoms with Gasteiger partial charge in [0.1, 0.15) is 5.82 Å². The van der Waals surface area contributed by atoms with E-state index in [1.807, 2.05) is 11.6 Å². The molecule has 3 unspecified atom stereocenters. The first-order valence-corrected chi connectivity index (χ1v) is 7.85. The summed E-state index contributed by atoms with van der Waals surface area (Å²) in [5.74, 6) is 2.83. The summed E-state index contributed by atoms with van der Waals surface area (Å²) < 4.78 is 1.96. The molecule has 2 fully saturated rings. The standard InChI is InChI=1S/C13H19N3O2S/c1-16-11(14-15-13(16)19-7-12(17)18)6-10-5-8-2-3-9(10)4-8/h8-10H,2-7H2,1H3,(H,17,18). The van der Waals surface area contributed by atoms with Gasteiger partial charge in [0, 0.05) is 13.5 Å². The molecular weight excluding hydrogens is 262 g/mol. The Morgan fingerprint density at radius 2 is 2.26 bits per heavy atom. The molecule has 2 saturated carbocycles. The predicted molar refractivity (Wildman–Crippen MR) is 72.0 cm³/mol. The molecule has 0 spiro atoms. The molecule has 19 heavy (non-hydrogen) atoms. The van der Waals surface area contributed by atoms with E-state index in [2.05, 4.69) is 10.2 Å². The van der Waals surface area contributed by atoms with Gasteiger partial charge in [0.15, 0.2) is 5.16 Å². The van der Waals surface area contributed by atoms with E-state index in [1.54, 1.807) is 0 Å². The van der Waals surface area contributed by atoms with E-state index in [4.69, 9.17) is 5.11 Å². The summed E-state index contributed by atoms with van der Waals surface area (Å²) in [6, 6.07) is 0. The highest BCUT2D eigenvalue weighted by molar-refractivity contribution is 7.99. The van der Waals surface area contributed by atoms with Crippen LogP contribution in [0.3, 0.4) is 0 Å². The SMILES string of the molecule is Cn1c(CC2CC3CCC2C3)nnc1SCC(=O)O. The first kappa shape index (κ1) is 13.0. The molecule has 2 aliphatic rings. The number of fused-ring (bicyclic) bond motifs is 2. The van der Waals surface area contributed by atoms with Gasteiger partial charge >= 0.3 is 5.97 Å². The van der Waals surface area contributed by atoms with Crippen molar-refractivity contribution in [3.05, 3.63) is 5.82 Å². The second kappa shape index (κ2) is 5.15. The van der Waals surface area contributed by atoms with Gasteiger partial charge in [0.25, 0.3) is 0 Å². The fourth-order valence-electron chi connectivity index (χ4n) is 3.64. The van der Waals surface area contributed by atoms with Gasteiger partial charge in [-0.15, -0.1) is 10.2 Å². The van der Waals surface area contributed by atoms with E-state index in [1.165, 1.54) is 37.4 Å². The highest BCUT2D eigenvalue weighted by Gasteiger charge is 2.39. The Morgan fingerprint density at radius 1 is 1.42 bits per heavy atom. The average Bonchev–Trinajstić information content (AvgIpc) is 3.05. The molecule has 0 saturated heterocycles. The summed E-state index contributed by atoms with van der Waals surface area (Å²) in [6.07, 6.45) is 6.55. The Labute approximate surface area is 116 Å². The number of aliphatic carboxylic acids is 1.